The third-order valence-corrected chi connectivity index (χ3v) is 3.77. The second-order valence-corrected chi connectivity index (χ2v) is 5.39. The summed E-state index contributed by atoms with van der Waals surface area (Å²) in [4.78, 5) is 32.1. The van der Waals surface area contributed by atoms with E-state index in [9.17, 15) is 9.59 Å². The second kappa shape index (κ2) is 7.04. The van der Waals surface area contributed by atoms with E-state index in [0.29, 0.717) is 23.3 Å². The van der Waals surface area contributed by atoms with Crippen LogP contribution < -0.4 is 5.56 Å². The maximum absolute atomic E-state index is 12.1. The SMILES string of the molecule is Cn1c(CCC(=O)OCc2ccccn2)nc(=O)c2ccccc21. The first-order valence-electron chi connectivity index (χ1n) is 7.65. The summed E-state index contributed by atoms with van der Waals surface area (Å²) in [5.41, 5.74) is 1.22. The lowest BCUT2D eigenvalue weighted by molar-refractivity contribution is -0.145. The number of fused-ring (bicyclic) bond motifs is 1. The van der Waals surface area contributed by atoms with Gasteiger partial charge in [-0.2, -0.15) is 4.98 Å². The number of pyridine rings is 1. The molecule has 0 aliphatic carbocycles. The van der Waals surface area contributed by atoms with Gasteiger partial charge in [0.2, 0.25) is 0 Å². The van der Waals surface area contributed by atoms with Crippen LogP contribution in [0.25, 0.3) is 10.9 Å². The van der Waals surface area contributed by atoms with Crippen LogP contribution in [0.2, 0.25) is 0 Å². The topological polar surface area (TPSA) is 74.1 Å². The van der Waals surface area contributed by atoms with Crippen molar-refractivity contribution in [1.29, 1.82) is 0 Å². The number of benzene rings is 1. The number of aromatic nitrogens is 3. The van der Waals surface area contributed by atoms with E-state index in [0.717, 1.165) is 5.52 Å². The van der Waals surface area contributed by atoms with Crippen LogP contribution in [0.4, 0.5) is 0 Å². The van der Waals surface area contributed by atoms with Crippen LogP contribution in [0.15, 0.2) is 53.5 Å². The summed E-state index contributed by atoms with van der Waals surface area (Å²) in [5.74, 6) is 0.219. The van der Waals surface area contributed by atoms with Crippen molar-refractivity contribution in [2.24, 2.45) is 7.05 Å². The van der Waals surface area contributed by atoms with Crippen LogP contribution in [-0.4, -0.2) is 20.5 Å². The fourth-order valence-corrected chi connectivity index (χ4v) is 2.49. The van der Waals surface area contributed by atoms with E-state index in [1.165, 1.54) is 0 Å². The summed E-state index contributed by atoms with van der Waals surface area (Å²) in [7, 11) is 1.84. The predicted octanol–water partition coefficient (Wildman–Crippen LogP) is 2.00. The standard InChI is InChI=1S/C18H17N3O3/c1-21-15-8-3-2-7-14(15)18(23)20-16(21)9-10-17(22)24-12-13-6-4-5-11-19-13/h2-8,11H,9-10,12H2,1H3. The molecule has 0 fully saturated rings. The monoisotopic (exact) mass is 323 g/mol. The van der Waals surface area contributed by atoms with Crippen molar-refractivity contribution in [2.45, 2.75) is 19.4 Å². The average Bonchev–Trinajstić information content (AvgIpc) is 2.62. The minimum atomic E-state index is -0.344. The van der Waals surface area contributed by atoms with Gasteiger partial charge in [0.05, 0.1) is 23.0 Å². The Labute approximate surface area is 138 Å². The minimum Gasteiger partial charge on any atom is -0.459 e. The van der Waals surface area contributed by atoms with E-state index in [1.54, 1.807) is 30.5 Å². The zero-order valence-electron chi connectivity index (χ0n) is 13.3. The highest BCUT2D eigenvalue weighted by molar-refractivity contribution is 5.78. The molecule has 0 saturated heterocycles. The van der Waals surface area contributed by atoms with Gasteiger partial charge in [-0.1, -0.05) is 18.2 Å². The van der Waals surface area contributed by atoms with E-state index in [2.05, 4.69) is 9.97 Å². The van der Waals surface area contributed by atoms with Crippen molar-refractivity contribution >= 4 is 16.9 Å². The van der Waals surface area contributed by atoms with Crippen molar-refractivity contribution in [3.8, 4) is 0 Å². The van der Waals surface area contributed by atoms with E-state index in [4.69, 9.17) is 4.74 Å². The Morgan fingerprint density at radius 2 is 1.96 bits per heavy atom. The van der Waals surface area contributed by atoms with Crippen molar-refractivity contribution in [2.75, 3.05) is 0 Å². The number of aryl methyl sites for hydroxylation is 2. The molecule has 24 heavy (non-hydrogen) atoms. The molecule has 0 bridgehead atoms. The van der Waals surface area contributed by atoms with Crippen LogP contribution in [0.5, 0.6) is 0 Å². The van der Waals surface area contributed by atoms with Gasteiger partial charge in [0.25, 0.3) is 5.56 Å². The molecule has 122 valence electrons. The van der Waals surface area contributed by atoms with Gasteiger partial charge in [0, 0.05) is 19.7 Å². The summed E-state index contributed by atoms with van der Waals surface area (Å²) in [6.45, 7) is 0.143. The lowest BCUT2D eigenvalue weighted by Gasteiger charge is -2.10. The number of para-hydroxylation sites is 1. The van der Waals surface area contributed by atoms with Crippen molar-refractivity contribution in [1.82, 2.24) is 14.5 Å². The molecule has 0 unspecified atom stereocenters. The summed E-state index contributed by atoms with van der Waals surface area (Å²) >= 11 is 0. The maximum atomic E-state index is 12.1. The molecule has 0 atom stereocenters. The molecule has 0 saturated carbocycles. The van der Waals surface area contributed by atoms with Gasteiger partial charge in [-0.3, -0.25) is 14.6 Å². The van der Waals surface area contributed by atoms with Gasteiger partial charge in [0.1, 0.15) is 12.4 Å². The summed E-state index contributed by atoms with van der Waals surface area (Å²) in [5, 5.41) is 0.571. The number of carbonyl (C=O) groups is 1. The first kappa shape index (κ1) is 15.9. The molecule has 3 rings (SSSR count). The molecule has 6 nitrogen and oxygen atoms in total. The van der Waals surface area contributed by atoms with Crippen molar-refractivity contribution < 1.29 is 9.53 Å². The largest absolute Gasteiger partial charge is 0.459 e. The molecule has 0 amide bonds. The van der Waals surface area contributed by atoms with Crippen LogP contribution in [-0.2, 0) is 29.6 Å². The van der Waals surface area contributed by atoms with Crippen LogP contribution >= 0.6 is 0 Å². The molecule has 0 spiro atoms. The third kappa shape index (κ3) is 3.48. The molecule has 0 N–H and O–H groups in total. The van der Waals surface area contributed by atoms with Gasteiger partial charge in [-0.25, -0.2) is 0 Å². The van der Waals surface area contributed by atoms with Crippen LogP contribution in [0.1, 0.15) is 17.9 Å². The van der Waals surface area contributed by atoms with E-state index in [-0.39, 0.29) is 24.6 Å². The smallest absolute Gasteiger partial charge is 0.306 e. The first-order valence-corrected chi connectivity index (χ1v) is 7.65. The zero-order valence-corrected chi connectivity index (χ0v) is 13.3. The van der Waals surface area contributed by atoms with Gasteiger partial charge in [0.15, 0.2) is 0 Å². The normalized spacial score (nSPS) is 10.7. The lowest BCUT2D eigenvalue weighted by atomic mass is 10.2. The van der Waals surface area contributed by atoms with Gasteiger partial charge in [-0.15, -0.1) is 0 Å². The Morgan fingerprint density at radius 3 is 2.75 bits per heavy atom. The highest BCUT2D eigenvalue weighted by Gasteiger charge is 2.11. The zero-order chi connectivity index (χ0) is 16.9. The molecule has 1 aromatic carbocycles. The molecule has 0 aliphatic heterocycles. The summed E-state index contributed by atoms with van der Waals surface area (Å²) in [6, 6.07) is 12.7. The molecule has 2 heterocycles. The Bertz CT molecular complexity index is 920. The molecule has 3 aromatic rings. The lowest BCUT2D eigenvalue weighted by Crippen LogP contribution is -2.18. The number of nitrogens with zero attached hydrogens (tertiary/aromatic N) is 3. The second-order valence-electron chi connectivity index (χ2n) is 5.39. The average molecular weight is 323 g/mol. The third-order valence-electron chi connectivity index (χ3n) is 3.77. The number of hydrogen-bond donors (Lipinski definition) is 0. The molecule has 2 aromatic heterocycles. The Kier molecular flexibility index (Phi) is 4.65. The fraction of sp³-hybridized carbons (Fsp3) is 0.222. The van der Waals surface area contributed by atoms with Crippen molar-refractivity contribution in [3.63, 3.8) is 0 Å². The van der Waals surface area contributed by atoms with Gasteiger partial charge in [-0.05, 0) is 24.3 Å². The maximum Gasteiger partial charge on any atom is 0.306 e. The van der Waals surface area contributed by atoms with E-state index < -0.39 is 0 Å². The Hall–Kier alpha value is -3.02. The minimum absolute atomic E-state index is 0.143. The molecule has 0 radical (unpaired) electrons. The van der Waals surface area contributed by atoms with Crippen LogP contribution in [0.3, 0.4) is 0 Å². The number of ether oxygens (including phenoxy) is 1. The summed E-state index contributed by atoms with van der Waals surface area (Å²) < 4.78 is 7.03. The number of esters is 1. The molecule has 6 heteroatoms. The summed E-state index contributed by atoms with van der Waals surface area (Å²) in [6.07, 6.45) is 2.15. The fourth-order valence-electron chi connectivity index (χ4n) is 2.49. The Balaban J connectivity index is 1.66. The number of carbonyl (C=O) groups excluding carboxylic acids is 1. The van der Waals surface area contributed by atoms with E-state index in [1.807, 2.05) is 29.8 Å². The number of rotatable bonds is 5. The van der Waals surface area contributed by atoms with Gasteiger partial charge >= 0.3 is 5.97 Å². The quantitative estimate of drug-likeness (QED) is 0.672. The highest BCUT2D eigenvalue weighted by Crippen LogP contribution is 2.11. The van der Waals surface area contributed by atoms with Crippen LogP contribution in [0, 0.1) is 0 Å². The highest BCUT2D eigenvalue weighted by atomic mass is 16.5. The van der Waals surface area contributed by atoms with Gasteiger partial charge < -0.3 is 9.30 Å². The Morgan fingerprint density at radius 1 is 1.17 bits per heavy atom. The molecule has 0 aliphatic rings. The van der Waals surface area contributed by atoms with Crippen molar-refractivity contribution in [3.05, 3.63) is 70.5 Å². The predicted molar refractivity (Wildman–Crippen MR) is 89.3 cm³/mol. The van der Waals surface area contributed by atoms with E-state index >= 15 is 0 Å². The number of hydrogen-bond acceptors (Lipinski definition) is 5. The molecular formula is C18H17N3O3. The molecular weight excluding hydrogens is 306 g/mol. The first-order chi connectivity index (χ1) is 11.6.